The molecule has 1 heterocycles. The maximum atomic E-state index is 12.7. The highest BCUT2D eigenvalue weighted by Crippen LogP contribution is 2.31. The standard InChI is InChI=1S/C19H13F3O2/c20-19(21,22)12-15-11-16(13-7-3-1-4-8-13)17(18(23)24-15)14-9-5-2-6-10-14/h1-11H,12H2. The van der Waals surface area contributed by atoms with Gasteiger partial charge in [0.1, 0.15) is 12.2 Å². The molecule has 0 aliphatic rings. The van der Waals surface area contributed by atoms with Crippen molar-refractivity contribution in [3.8, 4) is 22.3 Å². The van der Waals surface area contributed by atoms with E-state index in [2.05, 4.69) is 0 Å². The first-order valence-corrected chi connectivity index (χ1v) is 7.29. The van der Waals surface area contributed by atoms with E-state index >= 15 is 0 Å². The Morgan fingerprint density at radius 2 is 1.38 bits per heavy atom. The molecule has 0 aliphatic carbocycles. The fourth-order valence-corrected chi connectivity index (χ4v) is 2.55. The summed E-state index contributed by atoms with van der Waals surface area (Å²) >= 11 is 0. The Labute approximate surface area is 136 Å². The number of hydrogen-bond donors (Lipinski definition) is 0. The van der Waals surface area contributed by atoms with E-state index in [1.54, 1.807) is 60.7 Å². The van der Waals surface area contributed by atoms with Gasteiger partial charge in [-0.05, 0) is 17.2 Å². The molecule has 0 atom stereocenters. The summed E-state index contributed by atoms with van der Waals surface area (Å²) in [5.74, 6) is -0.397. The molecule has 0 N–H and O–H groups in total. The predicted octanol–water partition coefficient (Wildman–Crippen LogP) is 5.08. The second-order valence-electron chi connectivity index (χ2n) is 5.31. The molecule has 0 bridgehead atoms. The van der Waals surface area contributed by atoms with Crippen molar-refractivity contribution in [2.75, 3.05) is 0 Å². The first-order chi connectivity index (χ1) is 11.4. The highest BCUT2D eigenvalue weighted by molar-refractivity contribution is 5.82. The summed E-state index contributed by atoms with van der Waals surface area (Å²) in [5.41, 5.74) is 1.17. The van der Waals surface area contributed by atoms with Crippen LogP contribution in [-0.2, 0) is 6.42 Å². The normalized spacial score (nSPS) is 11.5. The lowest BCUT2D eigenvalue weighted by Crippen LogP contribution is -2.15. The average Bonchev–Trinajstić information content (AvgIpc) is 2.54. The van der Waals surface area contributed by atoms with E-state index in [9.17, 15) is 18.0 Å². The van der Waals surface area contributed by atoms with E-state index in [-0.39, 0.29) is 5.56 Å². The van der Waals surface area contributed by atoms with Crippen LogP contribution in [0.5, 0.6) is 0 Å². The molecule has 2 nitrogen and oxygen atoms in total. The van der Waals surface area contributed by atoms with Gasteiger partial charge >= 0.3 is 11.8 Å². The molecule has 0 unspecified atom stereocenters. The molecular formula is C19H13F3O2. The summed E-state index contributed by atoms with van der Waals surface area (Å²) in [6.07, 6.45) is -5.73. The minimum Gasteiger partial charge on any atom is -0.427 e. The van der Waals surface area contributed by atoms with E-state index in [4.69, 9.17) is 4.42 Å². The monoisotopic (exact) mass is 330 g/mol. The molecule has 3 aromatic rings. The third-order valence-electron chi connectivity index (χ3n) is 3.52. The molecule has 0 aliphatic heterocycles. The zero-order valence-corrected chi connectivity index (χ0v) is 12.5. The van der Waals surface area contributed by atoms with E-state index < -0.39 is 24.0 Å². The van der Waals surface area contributed by atoms with Gasteiger partial charge in [0.15, 0.2) is 0 Å². The molecule has 0 saturated carbocycles. The first-order valence-electron chi connectivity index (χ1n) is 7.29. The van der Waals surface area contributed by atoms with Gasteiger partial charge in [0.2, 0.25) is 0 Å². The smallest absolute Gasteiger partial charge is 0.396 e. The van der Waals surface area contributed by atoms with Crippen LogP contribution in [0.15, 0.2) is 75.9 Å². The molecule has 5 heteroatoms. The number of halogens is 3. The largest absolute Gasteiger partial charge is 0.427 e. The van der Waals surface area contributed by atoms with Crippen LogP contribution in [0.25, 0.3) is 22.3 Å². The molecule has 3 rings (SSSR count). The van der Waals surface area contributed by atoms with Crippen LogP contribution in [-0.4, -0.2) is 6.18 Å². The van der Waals surface area contributed by atoms with Gasteiger partial charge in [-0.1, -0.05) is 60.7 Å². The van der Waals surface area contributed by atoms with Crippen molar-refractivity contribution in [1.29, 1.82) is 0 Å². The number of hydrogen-bond acceptors (Lipinski definition) is 2. The van der Waals surface area contributed by atoms with Crippen molar-refractivity contribution in [2.45, 2.75) is 12.6 Å². The molecule has 0 spiro atoms. The lowest BCUT2D eigenvalue weighted by atomic mass is 9.96. The molecule has 0 radical (unpaired) electrons. The molecule has 0 saturated heterocycles. The van der Waals surface area contributed by atoms with Crippen LogP contribution in [0.4, 0.5) is 13.2 Å². The molecule has 2 aromatic carbocycles. The van der Waals surface area contributed by atoms with Gasteiger partial charge in [0, 0.05) is 5.56 Å². The fourth-order valence-electron chi connectivity index (χ4n) is 2.55. The molecule has 122 valence electrons. The maximum Gasteiger partial charge on any atom is 0.396 e. The summed E-state index contributed by atoms with van der Waals surface area (Å²) in [4.78, 5) is 12.4. The van der Waals surface area contributed by atoms with Gasteiger partial charge in [-0.2, -0.15) is 13.2 Å². The summed E-state index contributed by atoms with van der Waals surface area (Å²) in [7, 11) is 0. The summed E-state index contributed by atoms with van der Waals surface area (Å²) in [6.45, 7) is 0. The lowest BCUT2D eigenvalue weighted by Gasteiger charge is -2.12. The van der Waals surface area contributed by atoms with Crippen molar-refractivity contribution in [3.05, 3.63) is 82.9 Å². The van der Waals surface area contributed by atoms with Gasteiger partial charge in [-0.3, -0.25) is 0 Å². The molecule has 1 aromatic heterocycles. The lowest BCUT2D eigenvalue weighted by molar-refractivity contribution is -0.130. The van der Waals surface area contributed by atoms with Crippen molar-refractivity contribution in [3.63, 3.8) is 0 Å². The molecule has 0 amide bonds. The quantitative estimate of drug-likeness (QED) is 0.670. The van der Waals surface area contributed by atoms with Crippen molar-refractivity contribution in [2.24, 2.45) is 0 Å². The topological polar surface area (TPSA) is 30.2 Å². The Kier molecular flexibility index (Phi) is 4.25. The Balaban J connectivity index is 2.24. The van der Waals surface area contributed by atoms with E-state index in [1.165, 1.54) is 6.07 Å². The van der Waals surface area contributed by atoms with E-state index in [1.807, 2.05) is 0 Å². The summed E-state index contributed by atoms with van der Waals surface area (Å²) in [6, 6.07) is 18.9. The van der Waals surface area contributed by atoms with Crippen LogP contribution >= 0.6 is 0 Å². The highest BCUT2D eigenvalue weighted by atomic mass is 19.4. The zero-order chi connectivity index (χ0) is 17.2. The molecule has 0 fully saturated rings. The second-order valence-corrected chi connectivity index (χ2v) is 5.31. The minimum absolute atomic E-state index is 0.257. The Hall–Kier alpha value is -2.82. The summed E-state index contributed by atoms with van der Waals surface area (Å²) < 4.78 is 42.9. The van der Waals surface area contributed by atoms with Crippen LogP contribution in [0.1, 0.15) is 5.76 Å². The fraction of sp³-hybridized carbons (Fsp3) is 0.105. The van der Waals surface area contributed by atoms with Crippen molar-refractivity contribution < 1.29 is 17.6 Å². The SMILES string of the molecule is O=c1oc(CC(F)(F)F)cc(-c2ccccc2)c1-c1ccccc1. The van der Waals surface area contributed by atoms with Crippen molar-refractivity contribution >= 4 is 0 Å². The van der Waals surface area contributed by atoms with Gasteiger partial charge in [-0.15, -0.1) is 0 Å². The first kappa shape index (κ1) is 16.1. The maximum absolute atomic E-state index is 12.7. The zero-order valence-electron chi connectivity index (χ0n) is 12.5. The van der Waals surface area contributed by atoms with Crippen LogP contribution in [0.3, 0.4) is 0 Å². The van der Waals surface area contributed by atoms with E-state index in [0.717, 1.165) is 0 Å². The Morgan fingerprint density at radius 1 is 0.833 bits per heavy atom. The Bertz CT molecular complexity index is 882. The average molecular weight is 330 g/mol. The van der Waals surface area contributed by atoms with Crippen LogP contribution < -0.4 is 5.63 Å². The predicted molar refractivity (Wildman–Crippen MR) is 85.6 cm³/mol. The van der Waals surface area contributed by atoms with Crippen LogP contribution in [0, 0.1) is 0 Å². The van der Waals surface area contributed by atoms with Crippen LogP contribution in [0.2, 0.25) is 0 Å². The van der Waals surface area contributed by atoms with Crippen molar-refractivity contribution in [1.82, 2.24) is 0 Å². The third-order valence-corrected chi connectivity index (χ3v) is 3.52. The minimum atomic E-state index is -4.45. The molecule has 24 heavy (non-hydrogen) atoms. The van der Waals surface area contributed by atoms with E-state index in [0.29, 0.717) is 16.7 Å². The third kappa shape index (κ3) is 3.56. The number of alkyl halides is 3. The number of rotatable bonds is 3. The van der Waals surface area contributed by atoms with Gasteiger partial charge < -0.3 is 4.42 Å². The Morgan fingerprint density at radius 3 is 1.92 bits per heavy atom. The summed E-state index contributed by atoms with van der Waals surface area (Å²) in [5, 5.41) is 0. The van der Waals surface area contributed by atoms with Gasteiger partial charge in [0.25, 0.3) is 0 Å². The second kappa shape index (κ2) is 6.35. The highest BCUT2D eigenvalue weighted by Gasteiger charge is 2.30. The number of benzene rings is 2. The molecular weight excluding hydrogens is 317 g/mol. The van der Waals surface area contributed by atoms with Gasteiger partial charge in [0.05, 0.1) is 5.56 Å². The van der Waals surface area contributed by atoms with Gasteiger partial charge in [-0.25, -0.2) is 4.79 Å².